The van der Waals surface area contributed by atoms with Crippen molar-refractivity contribution >= 4 is 5.91 Å². The molecule has 0 saturated heterocycles. The molecule has 1 aromatic carbocycles. The first-order valence-electron chi connectivity index (χ1n) is 7.24. The van der Waals surface area contributed by atoms with Gasteiger partial charge in [0, 0.05) is 25.5 Å². The van der Waals surface area contributed by atoms with E-state index in [1.54, 1.807) is 12.4 Å². The number of hydrogen-bond acceptors (Lipinski definition) is 3. The number of carbonyl (C=O) groups is 1. The Bertz CT molecular complexity index is 654. The summed E-state index contributed by atoms with van der Waals surface area (Å²) in [6.07, 6.45) is 4.54. The van der Waals surface area contributed by atoms with Crippen LogP contribution in [0.15, 0.2) is 42.7 Å². The van der Waals surface area contributed by atoms with Crippen LogP contribution in [-0.2, 0) is 17.8 Å². The lowest BCUT2D eigenvalue weighted by Crippen LogP contribution is -2.41. The number of benzene rings is 1. The van der Waals surface area contributed by atoms with E-state index in [0.717, 1.165) is 29.7 Å². The van der Waals surface area contributed by atoms with Gasteiger partial charge in [0.25, 0.3) is 0 Å². The predicted octanol–water partition coefficient (Wildman–Crippen LogP) is 1.89. The molecule has 2 N–H and O–H groups in total. The van der Waals surface area contributed by atoms with Crippen molar-refractivity contribution in [2.45, 2.75) is 25.9 Å². The van der Waals surface area contributed by atoms with Crippen molar-refractivity contribution < 1.29 is 4.79 Å². The summed E-state index contributed by atoms with van der Waals surface area (Å²) in [5.74, 6) is 0.0189. The van der Waals surface area contributed by atoms with Crippen molar-refractivity contribution in [2.24, 2.45) is 0 Å². The Labute approximate surface area is 124 Å². The Morgan fingerprint density at radius 3 is 3.10 bits per heavy atom. The number of nitrogens with one attached hydrogen (secondary N) is 2. The van der Waals surface area contributed by atoms with Gasteiger partial charge in [0.2, 0.25) is 5.91 Å². The van der Waals surface area contributed by atoms with E-state index in [-0.39, 0.29) is 11.9 Å². The fourth-order valence-corrected chi connectivity index (χ4v) is 2.70. The minimum Gasteiger partial charge on any atom is -0.350 e. The molecule has 1 aromatic heterocycles. The second-order valence-corrected chi connectivity index (χ2v) is 5.36. The number of hydrogen-bond donors (Lipinski definition) is 2. The third-order valence-corrected chi connectivity index (χ3v) is 3.97. The first-order valence-corrected chi connectivity index (χ1v) is 7.24. The largest absolute Gasteiger partial charge is 0.350 e. The standard InChI is InChI=1S/C17H19N3O/c1-12-6-8-18-10-14(12)11-20-17(21)16-15-5-3-2-4-13(15)7-9-19-16/h2-6,8,10,16,19H,7,9,11H2,1H3,(H,20,21). The van der Waals surface area contributed by atoms with E-state index in [1.165, 1.54) is 5.56 Å². The molecular weight excluding hydrogens is 262 g/mol. The Morgan fingerprint density at radius 1 is 1.38 bits per heavy atom. The highest BCUT2D eigenvalue weighted by atomic mass is 16.2. The van der Waals surface area contributed by atoms with Gasteiger partial charge in [-0.1, -0.05) is 24.3 Å². The van der Waals surface area contributed by atoms with Gasteiger partial charge in [-0.3, -0.25) is 9.78 Å². The molecule has 3 rings (SSSR count). The summed E-state index contributed by atoms with van der Waals surface area (Å²) in [6.45, 7) is 3.37. The summed E-state index contributed by atoms with van der Waals surface area (Å²) in [7, 11) is 0. The highest BCUT2D eigenvalue weighted by Gasteiger charge is 2.25. The second kappa shape index (κ2) is 6.06. The van der Waals surface area contributed by atoms with Gasteiger partial charge in [-0.15, -0.1) is 0 Å². The van der Waals surface area contributed by atoms with Crippen LogP contribution in [0.25, 0.3) is 0 Å². The molecule has 1 aliphatic heterocycles. The molecule has 1 unspecified atom stereocenters. The van der Waals surface area contributed by atoms with Crippen LogP contribution < -0.4 is 10.6 Å². The number of rotatable bonds is 3. The van der Waals surface area contributed by atoms with Gasteiger partial charge < -0.3 is 10.6 Å². The molecule has 2 aromatic rings. The Kier molecular flexibility index (Phi) is 3.97. The van der Waals surface area contributed by atoms with Crippen LogP contribution in [0.2, 0.25) is 0 Å². The summed E-state index contributed by atoms with van der Waals surface area (Å²) in [6, 6.07) is 9.83. The maximum Gasteiger partial charge on any atom is 0.242 e. The zero-order valence-electron chi connectivity index (χ0n) is 12.1. The van der Waals surface area contributed by atoms with Gasteiger partial charge >= 0.3 is 0 Å². The molecule has 0 fully saturated rings. The molecule has 4 nitrogen and oxygen atoms in total. The molecule has 1 atom stereocenters. The Morgan fingerprint density at radius 2 is 2.24 bits per heavy atom. The number of fused-ring (bicyclic) bond motifs is 1. The Hall–Kier alpha value is -2.20. The molecule has 1 amide bonds. The van der Waals surface area contributed by atoms with Gasteiger partial charge in [0.05, 0.1) is 0 Å². The molecular formula is C17H19N3O. The van der Waals surface area contributed by atoms with Crippen molar-refractivity contribution in [1.82, 2.24) is 15.6 Å². The van der Waals surface area contributed by atoms with Crippen LogP contribution in [0, 0.1) is 6.92 Å². The third kappa shape index (κ3) is 2.95. The quantitative estimate of drug-likeness (QED) is 0.903. The van der Waals surface area contributed by atoms with Crippen molar-refractivity contribution in [3.8, 4) is 0 Å². The number of aryl methyl sites for hydroxylation is 1. The van der Waals surface area contributed by atoms with E-state index >= 15 is 0 Å². The molecule has 4 heteroatoms. The highest BCUT2D eigenvalue weighted by molar-refractivity contribution is 5.83. The van der Waals surface area contributed by atoms with E-state index in [1.807, 2.05) is 31.2 Å². The zero-order chi connectivity index (χ0) is 14.7. The van der Waals surface area contributed by atoms with E-state index in [9.17, 15) is 4.79 Å². The highest BCUT2D eigenvalue weighted by Crippen LogP contribution is 2.22. The van der Waals surface area contributed by atoms with Crippen LogP contribution in [-0.4, -0.2) is 17.4 Å². The van der Waals surface area contributed by atoms with Gasteiger partial charge in [0.15, 0.2) is 0 Å². The minimum atomic E-state index is -0.257. The molecule has 108 valence electrons. The van der Waals surface area contributed by atoms with Crippen molar-refractivity contribution in [3.05, 3.63) is 65.0 Å². The topological polar surface area (TPSA) is 54.0 Å². The molecule has 0 bridgehead atoms. The number of amides is 1. The maximum absolute atomic E-state index is 12.5. The number of nitrogens with zero attached hydrogens (tertiary/aromatic N) is 1. The van der Waals surface area contributed by atoms with Gasteiger partial charge in [-0.25, -0.2) is 0 Å². The third-order valence-electron chi connectivity index (χ3n) is 3.97. The summed E-state index contributed by atoms with van der Waals surface area (Å²) >= 11 is 0. The summed E-state index contributed by atoms with van der Waals surface area (Å²) in [4.78, 5) is 16.6. The number of carbonyl (C=O) groups excluding carboxylic acids is 1. The average molecular weight is 281 g/mol. The van der Waals surface area contributed by atoms with E-state index < -0.39 is 0 Å². The van der Waals surface area contributed by atoms with Crippen LogP contribution in [0.3, 0.4) is 0 Å². The molecule has 0 saturated carbocycles. The summed E-state index contributed by atoms with van der Waals surface area (Å²) in [5, 5.41) is 6.31. The Balaban J connectivity index is 1.71. The van der Waals surface area contributed by atoms with Crippen LogP contribution >= 0.6 is 0 Å². The van der Waals surface area contributed by atoms with Gasteiger partial charge in [-0.05, 0) is 41.7 Å². The fourth-order valence-electron chi connectivity index (χ4n) is 2.70. The fraction of sp³-hybridized carbons (Fsp3) is 0.294. The van der Waals surface area contributed by atoms with Crippen molar-refractivity contribution in [3.63, 3.8) is 0 Å². The maximum atomic E-state index is 12.5. The van der Waals surface area contributed by atoms with Crippen LogP contribution in [0.5, 0.6) is 0 Å². The monoisotopic (exact) mass is 281 g/mol. The first kappa shape index (κ1) is 13.8. The number of aromatic nitrogens is 1. The molecule has 0 aliphatic carbocycles. The van der Waals surface area contributed by atoms with E-state index in [0.29, 0.717) is 6.54 Å². The van der Waals surface area contributed by atoms with E-state index in [4.69, 9.17) is 0 Å². The van der Waals surface area contributed by atoms with Crippen LogP contribution in [0.4, 0.5) is 0 Å². The summed E-state index contributed by atoms with van der Waals surface area (Å²) in [5.41, 5.74) is 4.54. The molecule has 0 radical (unpaired) electrons. The second-order valence-electron chi connectivity index (χ2n) is 5.36. The average Bonchev–Trinajstić information content (AvgIpc) is 2.53. The minimum absolute atomic E-state index is 0.0189. The molecule has 0 spiro atoms. The molecule has 21 heavy (non-hydrogen) atoms. The predicted molar refractivity (Wildman–Crippen MR) is 81.7 cm³/mol. The van der Waals surface area contributed by atoms with Gasteiger partial charge in [-0.2, -0.15) is 0 Å². The van der Waals surface area contributed by atoms with Gasteiger partial charge in [0.1, 0.15) is 6.04 Å². The zero-order valence-corrected chi connectivity index (χ0v) is 12.1. The smallest absolute Gasteiger partial charge is 0.242 e. The van der Waals surface area contributed by atoms with Crippen LogP contribution in [0.1, 0.15) is 28.3 Å². The van der Waals surface area contributed by atoms with Crippen molar-refractivity contribution in [1.29, 1.82) is 0 Å². The first-order chi connectivity index (χ1) is 10.3. The summed E-state index contributed by atoms with van der Waals surface area (Å²) < 4.78 is 0. The lowest BCUT2D eigenvalue weighted by Gasteiger charge is -2.26. The van der Waals surface area contributed by atoms with E-state index in [2.05, 4.69) is 21.7 Å². The lowest BCUT2D eigenvalue weighted by molar-refractivity contribution is -0.123. The molecule has 1 aliphatic rings. The SMILES string of the molecule is Cc1ccncc1CNC(=O)C1NCCc2ccccc21. The van der Waals surface area contributed by atoms with Crippen molar-refractivity contribution in [2.75, 3.05) is 6.54 Å². The number of pyridine rings is 1. The lowest BCUT2D eigenvalue weighted by atomic mass is 9.94. The molecule has 2 heterocycles. The normalized spacial score (nSPS) is 17.1.